The molecule has 0 spiro atoms. The molecule has 0 unspecified atom stereocenters. The molecule has 0 bridgehead atoms. The second-order valence-electron chi connectivity index (χ2n) is 5.87. The van der Waals surface area contributed by atoms with Crippen LogP contribution in [0, 0.1) is 6.92 Å². The van der Waals surface area contributed by atoms with Gasteiger partial charge in [-0.15, -0.1) is 0 Å². The van der Waals surface area contributed by atoms with Gasteiger partial charge in [0.15, 0.2) is 5.82 Å². The first kappa shape index (κ1) is 16.2. The van der Waals surface area contributed by atoms with Crippen molar-refractivity contribution in [1.82, 2.24) is 19.5 Å². The quantitative estimate of drug-likeness (QED) is 0.881. The van der Waals surface area contributed by atoms with Crippen LogP contribution in [0.3, 0.4) is 0 Å². The first-order valence-corrected chi connectivity index (χ1v) is 8.19. The van der Waals surface area contributed by atoms with E-state index in [1.54, 1.807) is 24.0 Å². The average Bonchev–Trinajstić information content (AvgIpc) is 2.57. The average molecular weight is 329 g/mol. The number of hydrogen-bond donors (Lipinski definition) is 1. The number of aromatic nitrogens is 4. The summed E-state index contributed by atoms with van der Waals surface area (Å²) >= 11 is 0. The monoisotopic (exact) mass is 329 g/mol. The van der Waals surface area contributed by atoms with Crippen molar-refractivity contribution in [2.75, 3.05) is 47.8 Å². The first-order chi connectivity index (χ1) is 11.6. The van der Waals surface area contributed by atoms with Crippen molar-refractivity contribution in [3.8, 4) is 0 Å². The van der Waals surface area contributed by atoms with Crippen molar-refractivity contribution in [3.05, 3.63) is 34.5 Å². The van der Waals surface area contributed by atoms with Gasteiger partial charge in [-0.1, -0.05) is 0 Å². The fourth-order valence-corrected chi connectivity index (χ4v) is 2.79. The first-order valence-electron chi connectivity index (χ1n) is 8.19. The zero-order valence-corrected chi connectivity index (χ0v) is 14.4. The summed E-state index contributed by atoms with van der Waals surface area (Å²) in [5.41, 5.74) is 0.879. The van der Waals surface area contributed by atoms with Crippen LogP contribution >= 0.6 is 0 Å². The van der Waals surface area contributed by atoms with Gasteiger partial charge in [0, 0.05) is 63.9 Å². The predicted molar refractivity (Wildman–Crippen MR) is 94.8 cm³/mol. The molecule has 3 rings (SSSR count). The molecule has 0 aromatic carbocycles. The molecule has 1 aliphatic rings. The van der Waals surface area contributed by atoms with E-state index >= 15 is 0 Å². The van der Waals surface area contributed by atoms with Crippen LogP contribution in [0.2, 0.25) is 0 Å². The maximum absolute atomic E-state index is 12.2. The Bertz CT molecular complexity index is 765. The van der Waals surface area contributed by atoms with Gasteiger partial charge in [-0.3, -0.25) is 4.79 Å². The lowest BCUT2D eigenvalue weighted by molar-refractivity contribution is 0.627. The molecule has 2 aromatic rings. The number of anilines is 3. The molecule has 128 valence electrons. The van der Waals surface area contributed by atoms with E-state index in [0.29, 0.717) is 5.82 Å². The van der Waals surface area contributed by atoms with E-state index < -0.39 is 0 Å². The van der Waals surface area contributed by atoms with Crippen LogP contribution in [-0.4, -0.2) is 52.2 Å². The third-order valence-corrected chi connectivity index (χ3v) is 4.06. The lowest BCUT2D eigenvalue weighted by atomic mass is 10.3. The molecule has 0 atom stereocenters. The minimum Gasteiger partial charge on any atom is -0.370 e. The smallest absolute Gasteiger partial charge is 0.293 e. The highest BCUT2D eigenvalue weighted by atomic mass is 16.1. The Morgan fingerprint density at radius 2 is 1.88 bits per heavy atom. The summed E-state index contributed by atoms with van der Waals surface area (Å²) < 4.78 is 1.56. The highest BCUT2D eigenvalue weighted by Crippen LogP contribution is 2.17. The van der Waals surface area contributed by atoms with Crippen LogP contribution in [0.25, 0.3) is 0 Å². The van der Waals surface area contributed by atoms with Crippen molar-refractivity contribution in [2.24, 2.45) is 7.05 Å². The maximum Gasteiger partial charge on any atom is 0.293 e. The van der Waals surface area contributed by atoms with Crippen LogP contribution in [0.5, 0.6) is 0 Å². The lowest BCUT2D eigenvalue weighted by Gasteiger charge is -2.35. The molecule has 8 nitrogen and oxygen atoms in total. The fraction of sp³-hybridized carbons (Fsp3) is 0.500. The Hall–Kier alpha value is -2.64. The van der Waals surface area contributed by atoms with Gasteiger partial charge < -0.3 is 19.7 Å². The second kappa shape index (κ2) is 6.86. The standard InChI is InChI=1S/C16H23N7O/c1-4-17-13-11-12(2)19-16(20-13)23-9-7-22(8-10-23)14-15(24)21(3)6-5-18-14/h5-6,11H,4,7-10H2,1-3H3,(H,17,19,20). The number of piperazine rings is 1. The molecule has 1 saturated heterocycles. The number of rotatable bonds is 4. The summed E-state index contributed by atoms with van der Waals surface area (Å²) in [6.45, 7) is 7.81. The van der Waals surface area contributed by atoms with Gasteiger partial charge in [0.25, 0.3) is 5.56 Å². The Kier molecular flexibility index (Phi) is 4.64. The summed E-state index contributed by atoms with van der Waals surface area (Å²) in [6.07, 6.45) is 3.33. The van der Waals surface area contributed by atoms with Gasteiger partial charge in [0.05, 0.1) is 0 Å². The number of aryl methyl sites for hydroxylation is 2. The molecule has 0 amide bonds. The van der Waals surface area contributed by atoms with Gasteiger partial charge >= 0.3 is 0 Å². The van der Waals surface area contributed by atoms with Gasteiger partial charge in [0.1, 0.15) is 5.82 Å². The molecule has 1 N–H and O–H groups in total. The minimum atomic E-state index is -0.0628. The van der Waals surface area contributed by atoms with Crippen molar-refractivity contribution in [3.63, 3.8) is 0 Å². The van der Waals surface area contributed by atoms with Gasteiger partial charge in [-0.25, -0.2) is 9.97 Å². The summed E-state index contributed by atoms with van der Waals surface area (Å²) in [6, 6.07) is 1.95. The third-order valence-electron chi connectivity index (χ3n) is 4.06. The summed E-state index contributed by atoms with van der Waals surface area (Å²) in [4.78, 5) is 29.7. The van der Waals surface area contributed by atoms with E-state index in [2.05, 4.69) is 25.2 Å². The molecule has 24 heavy (non-hydrogen) atoms. The van der Waals surface area contributed by atoms with Crippen LogP contribution in [-0.2, 0) is 7.05 Å². The SMILES string of the molecule is CCNc1cc(C)nc(N2CCN(c3nccn(C)c3=O)CC2)n1. The van der Waals surface area contributed by atoms with Crippen molar-refractivity contribution < 1.29 is 0 Å². The second-order valence-corrected chi connectivity index (χ2v) is 5.87. The number of hydrogen-bond acceptors (Lipinski definition) is 7. The molecule has 0 saturated carbocycles. The topological polar surface area (TPSA) is 79.2 Å². The van der Waals surface area contributed by atoms with E-state index in [0.717, 1.165) is 50.2 Å². The number of nitrogens with zero attached hydrogens (tertiary/aromatic N) is 6. The van der Waals surface area contributed by atoms with Gasteiger partial charge in [-0.2, -0.15) is 4.98 Å². The van der Waals surface area contributed by atoms with Gasteiger partial charge in [0.2, 0.25) is 5.95 Å². The predicted octanol–water partition coefficient (Wildman–Crippen LogP) is 0.637. The van der Waals surface area contributed by atoms with Crippen molar-refractivity contribution in [1.29, 1.82) is 0 Å². The summed E-state index contributed by atoms with van der Waals surface area (Å²) in [5.74, 6) is 2.10. The lowest BCUT2D eigenvalue weighted by Crippen LogP contribution is -2.49. The zero-order chi connectivity index (χ0) is 17.1. The molecule has 0 aliphatic carbocycles. The van der Waals surface area contributed by atoms with Crippen molar-refractivity contribution >= 4 is 17.6 Å². The van der Waals surface area contributed by atoms with E-state index in [4.69, 9.17) is 0 Å². The largest absolute Gasteiger partial charge is 0.370 e. The molecule has 8 heteroatoms. The Labute approximate surface area is 141 Å². The highest BCUT2D eigenvalue weighted by molar-refractivity contribution is 5.46. The van der Waals surface area contributed by atoms with Crippen LogP contribution < -0.4 is 20.7 Å². The third kappa shape index (κ3) is 3.32. The Balaban J connectivity index is 1.73. The zero-order valence-electron chi connectivity index (χ0n) is 14.4. The van der Waals surface area contributed by atoms with E-state index in [-0.39, 0.29) is 5.56 Å². The summed E-state index contributed by atoms with van der Waals surface area (Å²) in [5, 5.41) is 3.23. The van der Waals surface area contributed by atoms with Gasteiger partial charge in [-0.05, 0) is 13.8 Å². The van der Waals surface area contributed by atoms with Crippen LogP contribution in [0.1, 0.15) is 12.6 Å². The van der Waals surface area contributed by atoms with E-state index in [1.807, 2.05) is 24.8 Å². The molecule has 2 aromatic heterocycles. The fourth-order valence-electron chi connectivity index (χ4n) is 2.79. The molecule has 1 fully saturated rings. The molecule has 0 radical (unpaired) electrons. The Morgan fingerprint density at radius 3 is 2.58 bits per heavy atom. The normalized spacial score (nSPS) is 14.8. The molecular formula is C16H23N7O. The highest BCUT2D eigenvalue weighted by Gasteiger charge is 2.22. The van der Waals surface area contributed by atoms with Crippen molar-refractivity contribution in [2.45, 2.75) is 13.8 Å². The molecule has 1 aliphatic heterocycles. The minimum absolute atomic E-state index is 0.0628. The molecule has 3 heterocycles. The van der Waals surface area contributed by atoms with E-state index in [1.165, 1.54) is 0 Å². The maximum atomic E-state index is 12.2. The Morgan fingerprint density at radius 1 is 1.17 bits per heavy atom. The molecular weight excluding hydrogens is 306 g/mol. The van der Waals surface area contributed by atoms with E-state index in [9.17, 15) is 4.79 Å². The van der Waals surface area contributed by atoms with Crippen LogP contribution in [0.15, 0.2) is 23.3 Å². The summed E-state index contributed by atoms with van der Waals surface area (Å²) in [7, 11) is 1.74. The van der Waals surface area contributed by atoms with Crippen LogP contribution in [0.4, 0.5) is 17.6 Å². The number of nitrogens with one attached hydrogen (secondary N) is 1.